The normalized spacial score (nSPS) is 12.1. The zero-order valence-corrected chi connectivity index (χ0v) is 8.32. The Morgan fingerprint density at radius 3 is 3.00 bits per heavy atom. The molecule has 0 aliphatic carbocycles. The standard InChI is InChI=1S/C10H14N2O2/c1-3-7(2)12-9-6-8(10(13)14)4-5-11-9/h4-7H,3H2,1-2H3,(H,11,12)(H,13,14). The van der Waals surface area contributed by atoms with Gasteiger partial charge in [-0.2, -0.15) is 0 Å². The summed E-state index contributed by atoms with van der Waals surface area (Å²) < 4.78 is 0. The highest BCUT2D eigenvalue weighted by molar-refractivity contribution is 5.88. The van der Waals surface area contributed by atoms with Crippen LogP contribution >= 0.6 is 0 Å². The summed E-state index contributed by atoms with van der Waals surface area (Å²) in [5.74, 6) is -0.321. The van der Waals surface area contributed by atoms with Crippen molar-refractivity contribution in [2.24, 2.45) is 0 Å². The van der Waals surface area contributed by atoms with Gasteiger partial charge >= 0.3 is 5.97 Å². The van der Waals surface area contributed by atoms with E-state index < -0.39 is 5.97 Å². The largest absolute Gasteiger partial charge is 0.478 e. The van der Waals surface area contributed by atoms with E-state index in [4.69, 9.17) is 5.11 Å². The third-order valence-electron chi connectivity index (χ3n) is 2.01. The van der Waals surface area contributed by atoms with E-state index in [-0.39, 0.29) is 5.56 Å². The first-order valence-electron chi connectivity index (χ1n) is 4.59. The third-order valence-corrected chi connectivity index (χ3v) is 2.01. The maximum absolute atomic E-state index is 10.7. The fourth-order valence-electron chi connectivity index (χ4n) is 0.997. The average molecular weight is 194 g/mol. The van der Waals surface area contributed by atoms with Gasteiger partial charge in [0.25, 0.3) is 0 Å². The molecule has 0 saturated heterocycles. The van der Waals surface area contributed by atoms with E-state index in [1.165, 1.54) is 18.3 Å². The first-order chi connectivity index (χ1) is 6.63. The quantitative estimate of drug-likeness (QED) is 0.769. The SMILES string of the molecule is CCC(C)Nc1cc(C(=O)O)ccn1. The molecular weight excluding hydrogens is 180 g/mol. The first-order valence-corrected chi connectivity index (χ1v) is 4.59. The number of nitrogens with one attached hydrogen (secondary N) is 1. The van der Waals surface area contributed by atoms with Gasteiger partial charge in [-0.3, -0.25) is 0 Å². The molecule has 1 aromatic heterocycles. The zero-order chi connectivity index (χ0) is 10.6. The van der Waals surface area contributed by atoms with Gasteiger partial charge in [-0.1, -0.05) is 6.92 Å². The summed E-state index contributed by atoms with van der Waals surface area (Å²) in [5.41, 5.74) is 0.255. The van der Waals surface area contributed by atoms with Gasteiger partial charge in [-0.05, 0) is 25.5 Å². The van der Waals surface area contributed by atoms with Crippen LogP contribution in [0.2, 0.25) is 0 Å². The number of pyridine rings is 1. The summed E-state index contributed by atoms with van der Waals surface area (Å²) in [6.07, 6.45) is 2.47. The van der Waals surface area contributed by atoms with Gasteiger partial charge in [0.15, 0.2) is 0 Å². The number of rotatable bonds is 4. The van der Waals surface area contributed by atoms with E-state index in [9.17, 15) is 4.79 Å². The Morgan fingerprint density at radius 1 is 1.71 bits per heavy atom. The number of aromatic carboxylic acids is 1. The molecule has 1 aromatic rings. The van der Waals surface area contributed by atoms with Crippen LogP contribution in [0.25, 0.3) is 0 Å². The number of anilines is 1. The van der Waals surface area contributed by atoms with Crippen LogP contribution in [0.1, 0.15) is 30.6 Å². The highest BCUT2D eigenvalue weighted by atomic mass is 16.4. The Hall–Kier alpha value is -1.58. The fraction of sp³-hybridized carbons (Fsp3) is 0.400. The predicted molar refractivity (Wildman–Crippen MR) is 54.6 cm³/mol. The van der Waals surface area contributed by atoms with Crippen LogP contribution in [0.5, 0.6) is 0 Å². The van der Waals surface area contributed by atoms with Crippen molar-refractivity contribution in [1.82, 2.24) is 4.98 Å². The summed E-state index contributed by atoms with van der Waals surface area (Å²) >= 11 is 0. The van der Waals surface area contributed by atoms with Gasteiger partial charge < -0.3 is 10.4 Å². The molecule has 0 aliphatic heterocycles. The summed E-state index contributed by atoms with van der Waals surface area (Å²) in [6.45, 7) is 4.08. The van der Waals surface area contributed by atoms with Crippen LogP contribution in [0.4, 0.5) is 5.82 Å². The second kappa shape index (κ2) is 4.60. The lowest BCUT2D eigenvalue weighted by molar-refractivity contribution is 0.0697. The van der Waals surface area contributed by atoms with Crippen LogP contribution in [0, 0.1) is 0 Å². The molecule has 1 rings (SSSR count). The minimum Gasteiger partial charge on any atom is -0.478 e. The molecule has 0 aromatic carbocycles. The smallest absolute Gasteiger partial charge is 0.335 e. The molecule has 1 heterocycles. The summed E-state index contributed by atoms with van der Waals surface area (Å²) in [4.78, 5) is 14.7. The van der Waals surface area contributed by atoms with Crippen LogP contribution < -0.4 is 5.32 Å². The molecule has 0 bridgehead atoms. The topological polar surface area (TPSA) is 62.2 Å². The van der Waals surface area contributed by atoms with Crippen LogP contribution in [-0.4, -0.2) is 22.1 Å². The maximum Gasteiger partial charge on any atom is 0.335 e. The number of hydrogen-bond acceptors (Lipinski definition) is 3. The molecule has 0 amide bonds. The molecule has 1 atom stereocenters. The number of hydrogen-bond donors (Lipinski definition) is 2. The second-order valence-corrected chi connectivity index (χ2v) is 3.19. The van der Waals surface area contributed by atoms with Crippen molar-refractivity contribution in [3.05, 3.63) is 23.9 Å². The van der Waals surface area contributed by atoms with Gasteiger partial charge in [-0.25, -0.2) is 9.78 Å². The molecule has 0 radical (unpaired) electrons. The van der Waals surface area contributed by atoms with E-state index >= 15 is 0 Å². The fourth-order valence-corrected chi connectivity index (χ4v) is 0.997. The van der Waals surface area contributed by atoms with E-state index in [1.54, 1.807) is 0 Å². The highest BCUT2D eigenvalue weighted by Crippen LogP contribution is 2.08. The Morgan fingerprint density at radius 2 is 2.43 bits per heavy atom. The van der Waals surface area contributed by atoms with Gasteiger partial charge in [0.05, 0.1) is 5.56 Å². The average Bonchev–Trinajstić information content (AvgIpc) is 2.18. The highest BCUT2D eigenvalue weighted by Gasteiger charge is 2.05. The Bertz CT molecular complexity index is 326. The molecular formula is C10H14N2O2. The number of carbonyl (C=O) groups is 1. The molecule has 4 heteroatoms. The summed E-state index contributed by atoms with van der Waals surface area (Å²) in [7, 11) is 0. The molecule has 0 spiro atoms. The summed E-state index contributed by atoms with van der Waals surface area (Å²) in [6, 6.07) is 3.31. The minimum absolute atomic E-state index is 0.255. The molecule has 0 fully saturated rings. The number of carboxylic acid groups (broad SMARTS) is 1. The lowest BCUT2D eigenvalue weighted by Gasteiger charge is -2.11. The van der Waals surface area contributed by atoms with Gasteiger partial charge in [0, 0.05) is 12.2 Å². The molecule has 0 aliphatic rings. The molecule has 14 heavy (non-hydrogen) atoms. The maximum atomic E-state index is 10.7. The molecule has 0 saturated carbocycles. The van der Waals surface area contributed by atoms with Crippen molar-refractivity contribution in [2.45, 2.75) is 26.3 Å². The van der Waals surface area contributed by atoms with Crippen molar-refractivity contribution < 1.29 is 9.90 Å². The number of nitrogens with zero attached hydrogens (tertiary/aromatic N) is 1. The van der Waals surface area contributed by atoms with Crippen molar-refractivity contribution in [3.63, 3.8) is 0 Å². The molecule has 2 N–H and O–H groups in total. The summed E-state index contributed by atoms with van der Waals surface area (Å²) in [5, 5.41) is 11.9. The Labute approximate surface area is 83.0 Å². The molecule has 76 valence electrons. The van der Waals surface area contributed by atoms with E-state index in [2.05, 4.69) is 17.2 Å². The first kappa shape index (κ1) is 10.5. The van der Waals surface area contributed by atoms with E-state index in [0.29, 0.717) is 11.9 Å². The van der Waals surface area contributed by atoms with E-state index in [0.717, 1.165) is 6.42 Å². The second-order valence-electron chi connectivity index (χ2n) is 3.19. The van der Waals surface area contributed by atoms with Crippen molar-refractivity contribution >= 4 is 11.8 Å². The lowest BCUT2D eigenvalue weighted by atomic mass is 10.2. The van der Waals surface area contributed by atoms with Crippen LogP contribution in [0.15, 0.2) is 18.3 Å². The predicted octanol–water partition coefficient (Wildman–Crippen LogP) is 1.99. The monoisotopic (exact) mass is 194 g/mol. The van der Waals surface area contributed by atoms with Crippen LogP contribution in [-0.2, 0) is 0 Å². The molecule has 1 unspecified atom stereocenters. The van der Waals surface area contributed by atoms with Crippen molar-refractivity contribution in [2.75, 3.05) is 5.32 Å². The number of carboxylic acids is 1. The van der Waals surface area contributed by atoms with Gasteiger partial charge in [0.2, 0.25) is 0 Å². The number of aromatic nitrogens is 1. The Kier molecular flexibility index (Phi) is 3.45. The molecule has 4 nitrogen and oxygen atoms in total. The van der Waals surface area contributed by atoms with Crippen molar-refractivity contribution in [3.8, 4) is 0 Å². The lowest BCUT2D eigenvalue weighted by Crippen LogP contribution is -2.14. The van der Waals surface area contributed by atoms with Crippen molar-refractivity contribution in [1.29, 1.82) is 0 Å². The zero-order valence-electron chi connectivity index (χ0n) is 8.32. The Balaban J connectivity index is 2.78. The van der Waals surface area contributed by atoms with Crippen LogP contribution in [0.3, 0.4) is 0 Å². The van der Waals surface area contributed by atoms with E-state index in [1.807, 2.05) is 6.92 Å². The third kappa shape index (κ3) is 2.73. The van der Waals surface area contributed by atoms with Gasteiger partial charge in [0.1, 0.15) is 5.82 Å². The van der Waals surface area contributed by atoms with Gasteiger partial charge in [-0.15, -0.1) is 0 Å². The minimum atomic E-state index is -0.931.